The lowest BCUT2D eigenvalue weighted by Crippen LogP contribution is -2.63. The minimum Gasteiger partial charge on any atom is -0.365 e. The summed E-state index contributed by atoms with van der Waals surface area (Å²) in [5.41, 5.74) is 6.23. The predicted octanol–water partition coefficient (Wildman–Crippen LogP) is 3.26. The van der Waals surface area contributed by atoms with E-state index >= 15 is 0 Å². The summed E-state index contributed by atoms with van der Waals surface area (Å²) < 4.78 is 1.95. The largest absolute Gasteiger partial charge is 0.365 e. The molecule has 6 heteroatoms. The van der Waals surface area contributed by atoms with Crippen LogP contribution in [0.3, 0.4) is 0 Å². The number of nitrogens with two attached hydrogens (primary N) is 1. The molecule has 4 saturated carbocycles. The van der Waals surface area contributed by atoms with Crippen molar-refractivity contribution < 1.29 is 4.79 Å². The Bertz CT molecular complexity index is 767. The molecule has 146 valence electrons. The van der Waals surface area contributed by atoms with E-state index < -0.39 is 5.91 Å². The molecule has 5 aliphatic rings. The van der Waals surface area contributed by atoms with E-state index in [2.05, 4.69) is 48.2 Å². The molecule has 6 rings (SSSR count). The maximum Gasteiger partial charge on any atom is 0.254 e. The summed E-state index contributed by atoms with van der Waals surface area (Å²) in [6.45, 7) is 7.25. The minimum absolute atomic E-state index is 0.222. The number of anilines is 1. The Hall–Kier alpha value is -1.82. The molecular formula is C21H31N5O. The molecule has 27 heavy (non-hydrogen) atoms. The number of carbonyl (C=O) groups is 1. The Labute approximate surface area is 161 Å². The van der Waals surface area contributed by atoms with Gasteiger partial charge in [-0.05, 0) is 77.0 Å². The molecule has 4 bridgehead atoms. The second-order valence-corrected chi connectivity index (χ2v) is 10.3. The topological polar surface area (TPSA) is 67.4 Å². The van der Waals surface area contributed by atoms with Crippen LogP contribution in [-0.4, -0.2) is 32.8 Å². The number of rotatable bonds is 3. The van der Waals surface area contributed by atoms with Crippen molar-refractivity contribution in [3.05, 3.63) is 24.0 Å². The van der Waals surface area contributed by atoms with Gasteiger partial charge in [-0.1, -0.05) is 6.08 Å². The standard InChI is InChI=1S/C21H31N5O/c1-20(2,3)26-19(17(13-23-26)18(22)27)24-5-4-6-25(24)21-10-14-7-15(11-21)9-16(8-14)12-21/h4-5,13-16H,6-12H2,1-3H3,(H2,22,27). The SMILES string of the molecule is CC(C)(C)n1ncc(C(N)=O)c1N1C=CCN1C12CC3CC(CC(C3)C1)C2. The fourth-order valence-corrected chi connectivity index (χ4v) is 6.63. The van der Waals surface area contributed by atoms with E-state index in [1.165, 1.54) is 38.5 Å². The average Bonchev–Trinajstić information content (AvgIpc) is 3.20. The van der Waals surface area contributed by atoms with Crippen molar-refractivity contribution in [2.45, 2.75) is 70.4 Å². The third-order valence-electron chi connectivity index (χ3n) is 7.20. The first-order chi connectivity index (χ1) is 12.8. The maximum absolute atomic E-state index is 12.2. The van der Waals surface area contributed by atoms with Gasteiger partial charge in [0.1, 0.15) is 5.56 Å². The minimum atomic E-state index is -0.411. The average molecular weight is 370 g/mol. The van der Waals surface area contributed by atoms with Crippen LogP contribution in [0.25, 0.3) is 0 Å². The molecule has 1 aliphatic heterocycles. The highest BCUT2D eigenvalue weighted by atomic mass is 16.1. The number of hydrogen-bond acceptors (Lipinski definition) is 4. The first-order valence-electron chi connectivity index (χ1n) is 10.4. The Morgan fingerprint density at radius 1 is 1.15 bits per heavy atom. The van der Waals surface area contributed by atoms with Crippen LogP contribution in [-0.2, 0) is 5.54 Å². The van der Waals surface area contributed by atoms with E-state index in [0.29, 0.717) is 5.56 Å². The molecule has 6 nitrogen and oxygen atoms in total. The Morgan fingerprint density at radius 3 is 2.26 bits per heavy atom. The molecule has 0 aromatic carbocycles. The number of aromatic nitrogens is 2. The summed E-state index contributed by atoms with van der Waals surface area (Å²) in [6.07, 6.45) is 14.1. The first-order valence-corrected chi connectivity index (χ1v) is 10.4. The zero-order chi connectivity index (χ0) is 19.0. The number of nitrogens with zero attached hydrogens (tertiary/aromatic N) is 4. The van der Waals surface area contributed by atoms with E-state index in [1.807, 2.05) is 4.68 Å². The van der Waals surface area contributed by atoms with E-state index in [9.17, 15) is 4.79 Å². The number of hydrogen-bond donors (Lipinski definition) is 1. The summed E-state index contributed by atoms with van der Waals surface area (Å²) in [6, 6.07) is 0. The van der Waals surface area contributed by atoms with Gasteiger partial charge in [0.25, 0.3) is 5.91 Å². The molecule has 0 saturated heterocycles. The van der Waals surface area contributed by atoms with Crippen molar-refractivity contribution >= 4 is 11.7 Å². The van der Waals surface area contributed by atoms with Gasteiger partial charge < -0.3 is 5.73 Å². The van der Waals surface area contributed by atoms with Gasteiger partial charge in [-0.15, -0.1) is 0 Å². The summed E-state index contributed by atoms with van der Waals surface area (Å²) >= 11 is 0. The second-order valence-electron chi connectivity index (χ2n) is 10.3. The van der Waals surface area contributed by atoms with Gasteiger partial charge in [-0.25, -0.2) is 9.69 Å². The zero-order valence-corrected chi connectivity index (χ0v) is 16.7. The fraction of sp³-hybridized carbons (Fsp3) is 0.714. The second kappa shape index (κ2) is 5.60. The first kappa shape index (κ1) is 17.3. The molecule has 0 spiro atoms. The maximum atomic E-state index is 12.2. The van der Waals surface area contributed by atoms with Crippen LogP contribution in [0.5, 0.6) is 0 Å². The van der Waals surface area contributed by atoms with E-state index in [0.717, 1.165) is 30.1 Å². The molecular weight excluding hydrogens is 338 g/mol. The molecule has 0 atom stereocenters. The van der Waals surface area contributed by atoms with Crippen molar-refractivity contribution in [2.75, 3.05) is 11.6 Å². The highest BCUT2D eigenvalue weighted by molar-refractivity contribution is 5.97. The van der Waals surface area contributed by atoms with E-state index in [-0.39, 0.29) is 11.1 Å². The van der Waals surface area contributed by atoms with Crippen LogP contribution >= 0.6 is 0 Å². The monoisotopic (exact) mass is 369 g/mol. The molecule has 2 N–H and O–H groups in total. The van der Waals surface area contributed by atoms with Gasteiger partial charge in [-0.2, -0.15) is 5.10 Å². The Balaban J connectivity index is 1.57. The predicted molar refractivity (Wildman–Crippen MR) is 105 cm³/mol. The molecule has 0 radical (unpaired) electrons. The number of carbonyl (C=O) groups excluding carboxylic acids is 1. The van der Waals surface area contributed by atoms with Crippen molar-refractivity contribution in [2.24, 2.45) is 23.5 Å². The number of primary amides is 1. The number of amides is 1. The molecule has 2 heterocycles. The fourth-order valence-electron chi connectivity index (χ4n) is 6.63. The lowest BCUT2D eigenvalue weighted by atomic mass is 9.52. The zero-order valence-electron chi connectivity index (χ0n) is 16.7. The van der Waals surface area contributed by atoms with Crippen LogP contribution in [0.1, 0.15) is 69.7 Å². The lowest BCUT2D eigenvalue weighted by molar-refractivity contribution is -0.0834. The summed E-state index contributed by atoms with van der Waals surface area (Å²) in [5.74, 6) is 3.04. The number of hydrazine groups is 1. The van der Waals surface area contributed by atoms with E-state index in [1.54, 1.807) is 6.20 Å². The van der Waals surface area contributed by atoms with Crippen molar-refractivity contribution in [3.8, 4) is 0 Å². The van der Waals surface area contributed by atoms with Gasteiger partial charge in [-0.3, -0.25) is 9.80 Å². The van der Waals surface area contributed by atoms with Crippen molar-refractivity contribution in [3.63, 3.8) is 0 Å². The smallest absolute Gasteiger partial charge is 0.254 e. The lowest BCUT2D eigenvalue weighted by Gasteiger charge is -2.61. The summed E-state index contributed by atoms with van der Waals surface area (Å²) in [5, 5.41) is 9.28. The van der Waals surface area contributed by atoms with Gasteiger partial charge in [0.15, 0.2) is 5.82 Å². The molecule has 4 fully saturated rings. The van der Waals surface area contributed by atoms with Gasteiger partial charge in [0.05, 0.1) is 11.7 Å². The molecule has 1 aromatic heterocycles. The van der Waals surface area contributed by atoms with Crippen molar-refractivity contribution in [1.82, 2.24) is 14.8 Å². The van der Waals surface area contributed by atoms with E-state index in [4.69, 9.17) is 5.73 Å². The van der Waals surface area contributed by atoms with Crippen LogP contribution in [0.4, 0.5) is 5.82 Å². The van der Waals surface area contributed by atoms with Crippen LogP contribution in [0.2, 0.25) is 0 Å². The normalized spacial score (nSPS) is 35.4. The molecule has 1 amide bonds. The molecule has 4 aliphatic carbocycles. The van der Waals surface area contributed by atoms with Crippen LogP contribution < -0.4 is 10.7 Å². The highest BCUT2D eigenvalue weighted by Crippen LogP contribution is 2.58. The van der Waals surface area contributed by atoms with Crippen molar-refractivity contribution in [1.29, 1.82) is 0 Å². The third kappa shape index (κ3) is 2.56. The molecule has 1 aromatic rings. The third-order valence-corrected chi connectivity index (χ3v) is 7.20. The highest BCUT2D eigenvalue weighted by Gasteiger charge is 2.55. The Morgan fingerprint density at radius 2 is 1.74 bits per heavy atom. The quantitative estimate of drug-likeness (QED) is 0.888. The molecule has 0 unspecified atom stereocenters. The van der Waals surface area contributed by atoms with Gasteiger partial charge >= 0.3 is 0 Å². The van der Waals surface area contributed by atoms with Gasteiger partial charge in [0, 0.05) is 18.3 Å². The van der Waals surface area contributed by atoms with Crippen LogP contribution in [0.15, 0.2) is 18.5 Å². The van der Waals surface area contributed by atoms with Crippen LogP contribution in [0, 0.1) is 17.8 Å². The Kier molecular flexibility index (Phi) is 3.58. The summed E-state index contributed by atoms with van der Waals surface area (Å²) in [4.78, 5) is 12.2. The van der Waals surface area contributed by atoms with Gasteiger partial charge in [0.2, 0.25) is 0 Å². The summed E-state index contributed by atoms with van der Waals surface area (Å²) in [7, 11) is 0.